The first-order chi connectivity index (χ1) is 5.83. The van der Waals surface area contributed by atoms with Crippen molar-refractivity contribution >= 4 is 15.6 Å². The van der Waals surface area contributed by atoms with E-state index >= 15 is 0 Å². The summed E-state index contributed by atoms with van der Waals surface area (Å²) in [6, 6.07) is 6.00. The van der Waals surface area contributed by atoms with Crippen LogP contribution in [0.15, 0.2) is 22.6 Å². The topological polar surface area (TPSA) is 13.1 Å². The molecule has 0 aromatic carbocycles. The van der Waals surface area contributed by atoms with Crippen LogP contribution in [0.3, 0.4) is 0 Å². The molecule has 66 valence electrons. The van der Waals surface area contributed by atoms with Crippen LogP contribution in [0.2, 0.25) is 0 Å². The fourth-order valence-electron chi connectivity index (χ4n) is 1.11. The van der Waals surface area contributed by atoms with Crippen molar-refractivity contribution in [2.24, 2.45) is 0 Å². The van der Waals surface area contributed by atoms with Crippen LogP contribution in [0, 0.1) is 4.26 Å². The quantitative estimate of drug-likeness (QED) is 0.571. The normalized spacial score (nSPS) is 10.1. The molecular formula is C10H14OSe. The van der Waals surface area contributed by atoms with Gasteiger partial charge in [0, 0.05) is 0 Å². The average Bonchev–Trinajstić information content (AvgIpc) is 2.05. The zero-order valence-electron chi connectivity index (χ0n) is 7.38. The molecule has 1 aromatic rings. The van der Waals surface area contributed by atoms with Crippen molar-refractivity contribution in [3.8, 4) is 0 Å². The minimum absolute atomic E-state index is 0.879. The Bertz CT molecular complexity index is 277. The van der Waals surface area contributed by atoms with Crippen LogP contribution in [0.5, 0.6) is 0 Å². The Labute approximate surface area is 81.2 Å². The first kappa shape index (κ1) is 9.76. The van der Waals surface area contributed by atoms with Gasteiger partial charge in [0.1, 0.15) is 0 Å². The summed E-state index contributed by atoms with van der Waals surface area (Å²) in [7, 11) is 0. The third kappa shape index (κ3) is 3.38. The van der Waals surface area contributed by atoms with Crippen molar-refractivity contribution in [1.29, 1.82) is 0 Å². The van der Waals surface area contributed by atoms with Crippen LogP contribution >= 0.6 is 0 Å². The van der Waals surface area contributed by atoms with E-state index in [1.807, 2.05) is 18.2 Å². The van der Waals surface area contributed by atoms with E-state index in [0.29, 0.717) is 0 Å². The SMILES string of the molecule is CCCCCc1cccc(=[Se])o1. The summed E-state index contributed by atoms with van der Waals surface area (Å²) < 4.78 is 6.35. The van der Waals surface area contributed by atoms with Gasteiger partial charge in [0.15, 0.2) is 0 Å². The molecule has 0 bridgehead atoms. The maximum atomic E-state index is 5.47. The van der Waals surface area contributed by atoms with E-state index in [9.17, 15) is 0 Å². The Kier molecular flexibility index (Phi) is 4.34. The van der Waals surface area contributed by atoms with Gasteiger partial charge in [0.25, 0.3) is 0 Å². The predicted octanol–water partition coefficient (Wildman–Crippen LogP) is 2.71. The zero-order valence-corrected chi connectivity index (χ0v) is 9.09. The van der Waals surface area contributed by atoms with Gasteiger partial charge in [-0.05, 0) is 0 Å². The van der Waals surface area contributed by atoms with Gasteiger partial charge in [-0.1, -0.05) is 0 Å². The van der Waals surface area contributed by atoms with Crippen LogP contribution < -0.4 is 0 Å². The summed E-state index contributed by atoms with van der Waals surface area (Å²) in [5, 5.41) is 0. The fraction of sp³-hybridized carbons (Fsp3) is 0.500. The van der Waals surface area contributed by atoms with Gasteiger partial charge in [0.2, 0.25) is 0 Å². The second-order valence-electron chi connectivity index (χ2n) is 2.87. The first-order valence-electron chi connectivity index (χ1n) is 4.42. The molecule has 0 aliphatic heterocycles. The summed E-state index contributed by atoms with van der Waals surface area (Å²) in [6.07, 6.45) is 4.83. The van der Waals surface area contributed by atoms with Crippen LogP contribution in [0.4, 0.5) is 0 Å². The summed E-state index contributed by atoms with van der Waals surface area (Å²) >= 11 is 2.87. The molecule has 0 fully saturated rings. The van der Waals surface area contributed by atoms with Crippen molar-refractivity contribution in [3.63, 3.8) is 0 Å². The van der Waals surface area contributed by atoms with Crippen LogP contribution in [0.1, 0.15) is 31.9 Å². The molecule has 1 nitrogen and oxygen atoms in total. The summed E-state index contributed by atoms with van der Waals surface area (Å²) in [5.74, 6) is 1.08. The molecule has 1 rings (SSSR count). The van der Waals surface area contributed by atoms with E-state index in [0.717, 1.165) is 16.4 Å². The van der Waals surface area contributed by atoms with Gasteiger partial charge in [-0.25, -0.2) is 0 Å². The molecule has 0 saturated heterocycles. The molecule has 0 unspecified atom stereocenters. The fourth-order valence-corrected chi connectivity index (χ4v) is 1.50. The number of aryl methyl sites for hydroxylation is 1. The Balaban J connectivity index is 2.47. The number of rotatable bonds is 4. The molecule has 0 atom stereocenters. The van der Waals surface area contributed by atoms with Crippen molar-refractivity contribution in [3.05, 3.63) is 28.2 Å². The molecule has 0 aliphatic rings. The van der Waals surface area contributed by atoms with E-state index in [2.05, 4.69) is 22.5 Å². The molecule has 0 saturated carbocycles. The van der Waals surface area contributed by atoms with Crippen molar-refractivity contribution < 1.29 is 4.42 Å². The number of unbranched alkanes of at least 4 members (excludes halogenated alkanes) is 2. The Morgan fingerprint density at radius 3 is 2.83 bits per heavy atom. The minimum atomic E-state index is 0.879. The Morgan fingerprint density at radius 2 is 2.17 bits per heavy atom. The molecule has 0 N–H and O–H groups in total. The van der Waals surface area contributed by atoms with E-state index in [1.165, 1.54) is 19.3 Å². The molecule has 0 radical (unpaired) electrons. The maximum absolute atomic E-state index is 5.47. The first-order valence-corrected chi connectivity index (χ1v) is 5.27. The van der Waals surface area contributed by atoms with E-state index in [-0.39, 0.29) is 0 Å². The third-order valence-corrected chi connectivity index (χ3v) is 2.23. The summed E-state index contributed by atoms with van der Waals surface area (Å²) in [4.78, 5) is 0. The van der Waals surface area contributed by atoms with Crippen LogP contribution in [-0.2, 0) is 6.42 Å². The third-order valence-electron chi connectivity index (χ3n) is 1.77. The van der Waals surface area contributed by atoms with E-state index in [4.69, 9.17) is 4.42 Å². The zero-order chi connectivity index (χ0) is 8.81. The molecule has 1 heterocycles. The van der Waals surface area contributed by atoms with Gasteiger partial charge in [-0.15, -0.1) is 0 Å². The molecule has 0 aliphatic carbocycles. The standard InChI is InChI=1S/C10H14OSe/c1-2-3-4-6-9-7-5-8-10(12)11-9/h5,7-8H,2-4,6H2,1H3. The monoisotopic (exact) mass is 230 g/mol. The van der Waals surface area contributed by atoms with Crippen LogP contribution in [0.25, 0.3) is 0 Å². The van der Waals surface area contributed by atoms with Crippen LogP contribution in [-0.4, -0.2) is 15.6 Å². The van der Waals surface area contributed by atoms with E-state index < -0.39 is 0 Å². The predicted molar refractivity (Wildman–Crippen MR) is 50.9 cm³/mol. The Hall–Kier alpha value is -0.331. The van der Waals surface area contributed by atoms with Crippen molar-refractivity contribution in [2.45, 2.75) is 32.6 Å². The van der Waals surface area contributed by atoms with Gasteiger partial charge in [0.05, 0.1) is 0 Å². The van der Waals surface area contributed by atoms with Gasteiger partial charge in [-0.3, -0.25) is 0 Å². The number of hydrogen-bond acceptors (Lipinski definition) is 1. The average molecular weight is 229 g/mol. The Morgan fingerprint density at radius 1 is 1.33 bits per heavy atom. The van der Waals surface area contributed by atoms with Gasteiger partial charge >= 0.3 is 80.8 Å². The molecule has 0 spiro atoms. The molecule has 0 amide bonds. The second-order valence-corrected chi connectivity index (χ2v) is 3.71. The molecular weight excluding hydrogens is 215 g/mol. The summed E-state index contributed by atoms with van der Waals surface area (Å²) in [6.45, 7) is 2.21. The van der Waals surface area contributed by atoms with Crippen molar-refractivity contribution in [1.82, 2.24) is 0 Å². The summed E-state index contributed by atoms with van der Waals surface area (Å²) in [5.41, 5.74) is 0. The van der Waals surface area contributed by atoms with Gasteiger partial charge < -0.3 is 0 Å². The van der Waals surface area contributed by atoms with Crippen molar-refractivity contribution in [2.75, 3.05) is 0 Å². The molecule has 1 aromatic heterocycles. The van der Waals surface area contributed by atoms with E-state index in [1.54, 1.807) is 0 Å². The second kappa shape index (κ2) is 5.34. The number of hydrogen-bond donors (Lipinski definition) is 0. The van der Waals surface area contributed by atoms with Gasteiger partial charge in [-0.2, -0.15) is 0 Å². The molecule has 2 heteroatoms. The molecule has 12 heavy (non-hydrogen) atoms.